The first-order chi connectivity index (χ1) is 8.16. The van der Waals surface area contributed by atoms with E-state index in [0.29, 0.717) is 6.07 Å². The van der Waals surface area contributed by atoms with Crippen LogP contribution in [0.15, 0.2) is 23.1 Å². The maximum absolute atomic E-state index is 13.0. The Labute approximate surface area is 105 Å². The third kappa shape index (κ3) is 4.01. The Bertz CT molecular complexity index is 509. The van der Waals surface area contributed by atoms with Crippen molar-refractivity contribution >= 4 is 10.0 Å². The van der Waals surface area contributed by atoms with Gasteiger partial charge in [0.15, 0.2) is 0 Å². The van der Waals surface area contributed by atoms with E-state index in [0.717, 1.165) is 12.1 Å². The molecular weight excluding hydrogens is 264 g/mol. The standard InChI is InChI=1S/C11H15F2NO3S/c1-11(2,3-4-15)14-18(16,17)10-6-8(12)5-9(13)7-10/h5-7,14-15H,3-4H2,1-2H3. The van der Waals surface area contributed by atoms with Gasteiger partial charge in [-0.25, -0.2) is 21.9 Å². The van der Waals surface area contributed by atoms with Gasteiger partial charge in [0.1, 0.15) is 11.6 Å². The highest BCUT2D eigenvalue weighted by Gasteiger charge is 2.26. The first kappa shape index (κ1) is 15.0. The Morgan fingerprint density at radius 1 is 1.22 bits per heavy atom. The fraction of sp³-hybridized carbons (Fsp3) is 0.455. The van der Waals surface area contributed by atoms with Gasteiger partial charge in [0.05, 0.1) is 4.90 Å². The monoisotopic (exact) mass is 279 g/mol. The van der Waals surface area contributed by atoms with E-state index in [1.54, 1.807) is 13.8 Å². The van der Waals surface area contributed by atoms with E-state index < -0.39 is 32.1 Å². The van der Waals surface area contributed by atoms with Gasteiger partial charge in [0.25, 0.3) is 0 Å². The van der Waals surface area contributed by atoms with Gasteiger partial charge in [0, 0.05) is 18.2 Å². The SMILES string of the molecule is CC(C)(CCO)NS(=O)(=O)c1cc(F)cc(F)c1. The lowest BCUT2D eigenvalue weighted by atomic mass is 10.0. The highest BCUT2D eigenvalue weighted by Crippen LogP contribution is 2.17. The molecule has 0 fully saturated rings. The van der Waals surface area contributed by atoms with Crippen LogP contribution in [0.1, 0.15) is 20.3 Å². The molecule has 18 heavy (non-hydrogen) atoms. The topological polar surface area (TPSA) is 66.4 Å². The van der Waals surface area contributed by atoms with Crippen molar-refractivity contribution in [1.29, 1.82) is 0 Å². The molecule has 102 valence electrons. The Morgan fingerprint density at radius 2 is 1.72 bits per heavy atom. The molecule has 0 aromatic heterocycles. The zero-order valence-electron chi connectivity index (χ0n) is 10.1. The van der Waals surface area contributed by atoms with Crippen LogP contribution >= 0.6 is 0 Å². The van der Waals surface area contributed by atoms with Crippen molar-refractivity contribution in [3.63, 3.8) is 0 Å². The van der Waals surface area contributed by atoms with Crippen molar-refractivity contribution in [3.05, 3.63) is 29.8 Å². The van der Waals surface area contributed by atoms with Crippen LogP contribution in [0.5, 0.6) is 0 Å². The summed E-state index contributed by atoms with van der Waals surface area (Å²) in [5.74, 6) is -1.93. The molecule has 7 heteroatoms. The summed E-state index contributed by atoms with van der Waals surface area (Å²) in [6, 6.07) is 2.07. The molecule has 0 bridgehead atoms. The van der Waals surface area contributed by atoms with E-state index in [-0.39, 0.29) is 13.0 Å². The van der Waals surface area contributed by atoms with Gasteiger partial charge >= 0.3 is 0 Å². The highest BCUT2D eigenvalue weighted by molar-refractivity contribution is 7.89. The predicted octanol–water partition coefficient (Wildman–Crippen LogP) is 1.40. The van der Waals surface area contributed by atoms with Crippen LogP contribution in [0.3, 0.4) is 0 Å². The number of nitrogens with one attached hydrogen (secondary N) is 1. The van der Waals surface area contributed by atoms with Crippen molar-refractivity contribution in [2.45, 2.75) is 30.7 Å². The highest BCUT2D eigenvalue weighted by atomic mass is 32.2. The molecule has 1 aromatic carbocycles. The van der Waals surface area contributed by atoms with E-state index in [2.05, 4.69) is 4.72 Å². The van der Waals surface area contributed by atoms with Crippen molar-refractivity contribution in [2.24, 2.45) is 0 Å². The van der Waals surface area contributed by atoms with Crippen LogP contribution in [0.25, 0.3) is 0 Å². The number of benzene rings is 1. The van der Waals surface area contributed by atoms with Crippen molar-refractivity contribution in [2.75, 3.05) is 6.61 Å². The summed E-state index contributed by atoms with van der Waals surface area (Å²) in [6.45, 7) is 2.93. The Morgan fingerprint density at radius 3 is 2.17 bits per heavy atom. The number of rotatable bonds is 5. The van der Waals surface area contributed by atoms with Crippen LogP contribution < -0.4 is 4.72 Å². The van der Waals surface area contributed by atoms with E-state index in [9.17, 15) is 17.2 Å². The van der Waals surface area contributed by atoms with Gasteiger partial charge in [-0.1, -0.05) is 0 Å². The Balaban J connectivity index is 3.07. The molecule has 0 unspecified atom stereocenters. The molecule has 1 rings (SSSR count). The number of sulfonamides is 1. The average Bonchev–Trinajstić information content (AvgIpc) is 2.13. The number of halogens is 2. The second kappa shape index (κ2) is 5.29. The minimum atomic E-state index is -4.03. The average molecular weight is 279 g/mol. The largest absolute Gasteiger partial charge is 0.396 e. The van der Waals surface area contributed by atoms with E-state index in [1.165, 1.54) is 0 Å². The van der Waals surface area contributed by atoms with E-state index in [4.69, 9.17) is 5.11 Å². The van der Waals surface area contributed by atoms with Gasteiger partial charge in [0.2, 0.25) is 10.0 Å². The summed E-state index contributed by atoms with van der Waals surface area (Å²) in [5, 5.41) is 8.80. The van der Waals surface area contributed by atoms with E-state index >= 15 is 0 Å². The summed E-state index contributed by atoms with van der Waals surface area (Å²) in [5.41, 5.74) is -0.906. The number of aliphatic hydroxyl groups excluding tert-OH is 1. The molecule has 4 nitrogen and oxygen atoms in total. The zero-order chi connectivity index (χ0) is 14.0. The van der Waals surface area contributed by atoms with Gasteiger partial charge in [-0.05, 0) is 32.4 Å². The minimum absolute atomic E-state index is 0.185. The smallest absolute Gasteiger partial charge is 0.241 e. The molecule has 0 saturated carbocycles. The summed E-state index contributed by atoms with van der Waals surface area (Å²) in [7, 11) is -4.03. The van der Waals surface area contributed by atoms with Gasteiger partial charge < -0.3 is 5.11 Å². The van der Waals surface area contributed by atoms with Crippen LogP contribution in [0, 0.1) is 11.6 Å². The van der Waals surface area contributed by atoms with Crippen LogP contribution in [0.4, 0.5) is 8.78 Å². The molecule has 0 amide bonds. The number of hydrogen-bond acceptors (Lipinski definition) is 3. The summed E-state index contributed by atoms with van der Waals surface area (Å²) in [4.78, 5) is -0.481. The molecule has 1 aromatic rings. The first-order valence-electron chi connectivity index (χ1n) is 5.27. The fourth-order valence-corrected chi connectivity index (χ4v) is 2.92. The third-order valence-electron chi connectivity index (χ3n) is 2.29. The number of hydrogen-bond donors (Lipinski definition) is 2. The lowest BCUT2D eigenvalue weighted by Crippen LogP contribution is -2.43. The third-order valence-corrected chi connectivity index (χ3v) is 3.97. The lowest BCUT2D eigenvalue weighted by Gasteiger charge is -2.25. The van der Waals surface area contributed by atoms with Crippen molar-refractivity contribution in [3.8, 4) is 0 Å². The second-order valence-corrected chi connectivity index (χ2v) is 6.25. The zero-order valence-corrected chi connectivity index (χ0v) is 10.9. The molecule has 0 spiro atoms. The Hall–Kier alpha value is -1.05. The molecular formula is C11H15F2NO3S. The van der Waals surface area contributed by atoms with Crippen molar-refractivity contribution in [1.82, 2.24) is 4.72 Å². The molecule has 0 heterocycles. The molecule has 0 aliphatic heterocycles. The molecule has 0 radical (unpaired) electrons. The van der Waals surface area contributed by atoms with Crippen LogP contribution in [-0.4, -0.2) is 25.7 Å². The Kier molecular flexibility index (Phi) is 4.41. The van der Waals surface area contributed by atoms with Crippen LogP contribution in [0.2, 0.25) is 0 Å². The van der Waals surface area contributed by atoms with Gasteiger partial charge in [-0.3, -0.25) is 0 Å². The second-order valence-electron chi connectivity index (χ2n) is 4.57. The summed E-state index contributed by atoms with van der Waals surface area (Å²) in [6.07, 6.45) is 0.185. The first-order valence-corrected chi connectivity index (χ1v) is 6.75. The summed E-state index contributed by atoms with van der Waals surface area (Å²) >= 11 is 0. The maximum Gasteiger partial charge on any atom is 0.241 e. The predicted molar refractivity (Wildman–Crippen MR) is 62.5 cm³/mol. The van der Waals surface area contributed by atoms with Crippen molar-refractivity contribution < 1.29 is 22.3 Å². The quantitative estimate of drug-likeness (QED) is 0.856. The van der Waals surface area contributed by atoms with E-state index in [1.807, 2.05) is 0 Å². The maximum atomic E-state index is 13.0. The molecule has 0 aliphatic carbocycles. The van der Waals surface area contributed by atoms with Gasteiger partial charge in [-0.15, -0.1) is 0 Å². The minimum Gasteiger partial charge on any atom is -0.396 e. The lowest BCUT2D eigenvalue weighted by molar-refractivity contribution is 0.245. The van der Waals surface area contributed by atoms with Crippen LogP contribution in [-0.2, 0) is 10.0 Å². The number of aliphatic hydroxyl groups is 1. The molecule has 0 aliphatic rings. The normalized spacial score (nSPS) is 12.7. The molecule has 0 atom stereocenters. The van der Waals surface area contributed by atoms with Gasteiger partial charge in [-0.2, -0.15) is 0 Å². The molecule has 0 saturated heterocycles. The molecule has 2 N–H and O–H groups in total. The fourth-order valence-electron chi connectivity index (χ4n) is 1.44. The summed E-state index contributed by atoms with van der Waals surface area (Å²) < 4.78 is 52.0.